The molecule has 0 saturated heterocycles. The van der Waals surface area contributed by atoms with Gasteiger partial charge in [0.2, 0.25) is 17.2 Å². The van der Waals surface area contributed by atoms with E-state index in [1.54, 1.807) is 0 Å². The Morgan fingerprint density at radius 3 is 0.598 bits per heavy atom. The van der Waals surface area contributed by atoms with E-state index in [4.69, 9.17) is 56.8 Å². The predicted molar refractivity (Wildman–Crippen MR) is 380 cm³/mol. The molecule has 0 spiro atoms. The van der Waals surface area contributed by atoms with E-state index < -0.39 is 17.8 Å². The molecule has 0 aromatic heterocycles. The molecule has 0 bridgehead atoms. The number of hydrogen-bond acceptors (Lipinski definition) is 18. The standard InChI is InChI=1S/C84H96O18/c1-79(2)28-49(85)70-61(34-79)100-62-35-80(3,4)29-50(86)71(62)67(70)46-22-55(91-13)76(56(23-46)92-14)97-40-43-19-44(41-98-77-57(93-15)24-47(25-58(77)94-16)68-72-51(87)30-81(5,6)36-63(72)101-64-37-82(7,8)31-52(88)73(64)68)21-45(20-43)42-99-78-59(95-17)26-48(27-60(78)96-18)69-74-53(89)32-83(9,10)38-65(74)102-66-39-84(11,12)33-54(90)75(66)69/h19-27,67-69H,28-42H2,1-18H3. The number of ketones is 6. The normalized spacial score (nSPS) is 21.9. The van der Waals surface area contributed by atoms with Gasteiger partial charge in [-0.3, -0.25) is 28.8 Å². The zero-order chi connectivity index (χ0) is 73.2. The predicted octanol–water partition coefficient (Wildman–Crippen LogP) is 16.7. The number of ether oxygens (including phenoxy) is 12. The van der Waals surface area contributed by atoms with Gasteiger partial charge in [-0.2, -0.15) is 0 Å². The van der Waals surface area contributed by atoms with E-state index in [1.807, 2.05) is 54.6 Å². The van der Waals surface area contributed by atoms with Crippen molar-refractivity contribution in [2.45, 2.75) is 198 Å². The van der Waals surface area contributed by atoms with Crippen LogP contribution in [0, 0.1) is 32.5 Å². The number of methoxy groups -OCH3 is 6. The Balaban J connectivity index is 0.869. The molecule has 540 valence electrons. The number of benzene rings is 4. The van der Waals surface area contributed by atoms with Crippen LogP contribution in [0.25, 0.3) is 0 Å². The lowest BCUT2D eigenvalue weighted by Gasteiger charge is -2.42. The van der Waals surface area contributed by atoms with Gasteiger partial charge >= 0.3 is 0 Å². The van der Waals surface area contributed by atoms with Gasteiger partial charge in [0, 0.05) is 128 Å². The van der Waals surface area contributed by atoms with E-state index in [2.05, 4.69) is 83.1 Å². The maximum absolute atomic E-state index is 14.4. The topological polar surface area (TPSA) is 213 Å². The van der Waals surface area contributed by atoms with Gasteiger partial charge in [0.25, 0.3) is 0 Å². The molecule has 0 fully saturated rings. The molecule has 0 N–H and O–H groups in total. The van der Waals surface area contributed by atoms with Crippen molar-refractivity contribution in [1.82, 2.24) is 0 Å². The van der Waals surface area contributed by atoms with Crippen LogP contribution in [0.15, 0.2) is 123 Å². The Hall–Kier alpha value is -9.06. The van der Waals surface area contributed by atoms with Crippen LogP contribution in [-0.2, 0) is 62.8 Å². The zero-order valence-corrected chi connectivity index (χ0v) is 62.4. The molecule has 0 unspecified atom stereocenters. The lowest BCUT2D eigenvalue weighted by Crippen LogP contribution is -2.37. The third-order valence-corrected chi connectivity index (χ3v) is 21.5. The molecule has 0 radical (unpaired) electrons. The first-order valence-electron chi connectivity index (χ1n) is 35.4. The van der Waals surface area contributed by atoms with Crippen LogP contribution in [-0.4, -0.2) is 77.4 Å². The number of hydrogen-bond donors (Lipinski definition) is 0. The van der Waals surface area contributed by atoms with E-state index in [1.165, 1.54) is 42.7 Å². The van der Waals surface area contributed by atoms with E-state index in [-0.39, 0.29) is 104 Å². The number of rotatable bonds is 18. The number of carbonyl (C=O) groups is 6. The molecule has 4 aromatic rings. The van der Waals surface area contributed by atoms with E-state index in [0.29, 0.717) is 213 Å². The zero-order valence-electron chi connectivity index (χ0n) is 62.4. The van der Waals surface area contributed by atoms with Crippen molar-refractivity contribution >= 4 is 34.7 Å². The van der Waals surface area contributed by atoms with Crippen molar-refractivity contribution in [1.29, 1.82) is 0 Å². The molecule has 0 saturated carbocycles. The first kappa shape index (κ1) is 71.3. The van der Waals surface area contributed by atoms with Gasteiger partial charge in [-0.05, 0) is 120 Å². The van der Waals surface area contributed by atoms with Crippen LogP contribution >= 0.6 is 0 Å². The molecule has 13 rings (SSSR count). The maximum atomic E-state index is 14.4. The third kappa shape index (κ3) is 13.4. The lowest BCUT2D eigenvalue weighted by atomic mass is 9.65. The number of carbonyl (C=O) groups excluding carboxylic acids is 6. The first-order chi connectivity index (χ1) is 48.0. The Bertz CT molecular complexity index is 3800. The second-order valence-electron chi connectivity index (χ2n) is 34.1. The molecule has 4 aromatic carbocycles. The van der Waals surface area contributed by atoms with E-state index >= 15 is 0 Å². The van der Waals surface area contributed by atoms with Gasteiger partial charge in [0.1, 0.15) is 54.4 Å². The molecule has 3 heterocycles. The Morgan fingerprint density at radius 2 is 0.441 bits per heavy atom. The second kappa shape index (κ2) is 26.0. The summed E-state index contributed by atoms with van der Waals surface area (Å²) < 4.78 is 77.2. The molecular weight excluding hydrogens is 1300 g/mol. The highest BCUT2D eigenvalue weighted by Crippen LogP contribution is 2.60. The largest absolute Gasteiger partial charge is 0.493 e. The van der Waals surface area contributed by atoms with Crippen LogP contribution in [0.5, 0.6) is 51.7 Å². The summed E-state index contributed by atoms with van der Waals surface area (Å²) in [5, 5.41) is 0. The molecule has 0 atom stereocenters. The highest BCUT2D eigenvalue weighted by molar-refractivity contribution is 6.09. The first-order valence-corrected chi connectivity index (χ1v) is 35.4. The molecule has 102 heavy (non-hydrogen) atoms. The van der Waals surface area contributed by atoms with E-state index in [9.17, 15) is 28.8 Å². The van der Waals surface area contributed by atoms with Crippen LogP contribution in [0.2, 0.25) is 0 Å². The molecule has 0 amide bonds. The monoisotopic (exact) mass is 1390 g/mol. The van der Waals surface area contributed by atoms with Crippen molar-refractivity contribution in [3.8, 4) is 51.7 Å². The van der Waals surface area contributed by atoms with Crippen molar-refractivity contribution in [2.24, 2.45) is 32.5 Å². The number of allylic oxidation sites excluding steroid dienone is 12. The van der Waals surface area contributed by atoms with Crippen LogP contribution in [0.1, 0.15) is 211 Å². The van der Waals surface area contributed by atoms with Crippen molar-refractivity contribution in [3.63, 3.8) is 0 Å². The van der Waals surface area contributed by atoms with Gasteiger partial charge in [-0.1, -0.05) is 83.1 Å². The highest BCUT2D eigenvalue weighted by Gasteiger charge is 2.52. The average molecular weight is 1390 g/mol. The van der Waals surface area contributed by atoms with Gasteiger partial charge in [-0.15, -0.1) is 0 Å². The van der Waals surface area contributed by atoms with Gasteiger partial charge in [0.15, 0.2) is 69.2 Å². The average Bonchev–Trinajstić information content (AvgIpc) is 0.738. The minimum Gasteiger partial charge on any atom is -0.493 e. The summed E-state index contributed by atoms with van der Waals surface area (Å²) in [7, 11) is 9.18. The molecule has 6 aliphatic carbocycles. The van der Waals surface area contributed by atoms with Crippen LogP contribution < -0.4 is 42.6 Å². The molecule has 18 nitrogen and oxygen atoms in total. The lowest BCUT2D eigenvalue weighted by molar-refractivity contribution is -0.122. The maximum Gasteiger partial charge on any atom is 0.203 e. The molecule has 9 aliphatic rings. The summed E-state index contributed by atoms with van der Waals surface area (Å²) in [6, 6.07) is 16.7. The molecular formula is C84H96O18. The smallest absolute Gasteiger partial charge is 0.203 e. The summed E-state index contributed by atoms with van der Waals surface area (Å²) in [4.78, 5) is 86.2. The fraction of sp³-hybridized carbons (Fsp3) is 0.500. The highest BCUT2D eigenvalue weighted by atomic mass is 16.6. The molecule has 3 aliphatic heterocycles. The van der Waals surface area contributed by atoms with Gasteiger partial charge in [-0.25, -0.2) is 0 Å². The van der Waals surface area contributed by atoms with Crippen molar-refractivity contribution in [3.05, 3.63) is 156 Å². The summed E-state index contributed by atoms with van der Waals surface area (Å²) in [5.74, 6) is 3.58. The van der Waals surface area contributed by atoms with E-state index in [0.717, 1.165) is 0 Å². The van der Waals surface area contributed by atoms with Crippen LogP contribution in [0.4, 0.5) is 0 Å². The van der Waals surface area contributed by atoms with Crippen LogP contribution in [0.3, 0.4) is 0 Å². The molecule has 18 heteroatoms. The summed E-state index contributed by atoms with van der Waals surface area (Å²) >= 11 is 0. The minimum absolute atomic E-state index is 0.0439. The summed E-state index contributed by atoms with van der Waals surface area (Å²) in [5.41, 5.74) is 4.66. The second-order valence-corrected chi connectivity index (χ2v) is 34.1. The number of Topliss-reactive ketones (excluding diaryl/α,β-unsaturated/α-hetero) is 6. The minimum atomic E-state index is -0.728. The Morgan fingerprint density at radius 1 is 0.275 bits per heavy atom. The Labute approximate surface area is 598 Å². The Kier molecular flexibility index (Phi) is 18.2. The van der Waals surface area contributed by atoms with Crippen molar-refractivity contribution in [2.75, 3.05) is 42.7 Å². The fourth-order valence-corrected chi connectivity index (χ4v) is 17.2. The summed E-state index contributed by atoms with van der Waals surface area (Å²) in [6.45, 7) is 24.5. The van der Waals surface area contributed by atoms with Crippen molar-refractivity contribution < 1.29 is 85.6 Å². The SMILES string of the molecule is COc1cc(C2C3=C(CC(C)(C)CC3=O)OC3=C2C(=O)CC(C)(C)C3)cc(OC)c1OCc1cc(COc2c(OC)cc(C3C4=C(CC(C)(C)CC4=O)OC4=C3C(=O)CC(C)(C)C4)cc2OC)cc(COc2c(OC)cc(C3C4=C(CC(C)(C)CC4=O)OC4=C3C(=O)CC(C)(C)C4)cc2OC)c1. The fourth-order valence-electron chi connectivity index (χ4n) is 17.2. The summed E-state index contributed by atoms with van der Waals surface area (Å²) in [6.07, 6.45) is 4.92. The van der Waals surface area contributed by atoms with Gasteiger partial charge in [0.05, 0.1) is 42.7 Å². The van der Waals surface area contributed by atoms with Gasteiger partial charge < -0.3 is 56.8 Å². The quantitative estimate of drug-likeness (QED) is 0.0905. The third-order valence-electron chi connectivity index (χ3n) is 21.5.